The topological polar surface area (TPSA) is 166 Å². The number of aromatic amines is 1. The van der Waals surface area contributed by atoms with Crippen molar-refractivity contribution < 1.29 is 31.7 Å². The number of piperidine rings is 1. The highest BCUT2D eigenvalue weighted by Crippen LogP contribution is 2.31. The van der Waals surface area contributed by atoms with Gasteiger partial charge >= 0.3 is 16.4 Å². The van der Waals surface area contributed by atoms with Gasteiger partial charge in [0.2, 0.25) is 0 Å². The predicted octanol–water partition coefficient (Wildman–Crippen LogP) is -1.40. The Morgan fingerprint density at radius 1 is 1.41 bits per heavy atom. The fraction of sp³-hybridized carbons (Fsp3) is 0.615. The van der Waals surface area contributed by atoms with Crippen molar-refractivity contribution in [2.45, 2.75) is 37.6 Å². The number of hydrogen-bond acceptors (Lipinski definition) is 8. The lowest BCUT2D eigenvalue weighted by molar-refractivity contribution is -0.144. The Morgan fingerprint density at radius 2 is 2.22 bits per heavy atom. The molecule has 2 fully saturated rings. The van der Waals surface area contributed by atoms with Crippen LogP contribution in [-0.4, -0.2) is 70.2 Å². The van der Waals surface area contributed by atoms with Crippen molar-refractivity contribution in [3.05, 3.63) is 17.5 Å². The highest BCUT2D eigenvalue weighted by molar-refractivity contribution is 7.80. The molecule has 2 bridgehead atoms. The van der Waals surface area contributed by atoms with Gasteiger partial charge in [-0.1, -0.05) is 0 Å². The predicted molar refractivity (Wildman–Crippen MR) is 85.6 cm³/mol. The summed E-state index contributed by atoms with van der Waals surface area (Å²) < 4.78 is 34.9. The van der Waals surface area contributed by atoms with E-state index in [0.29, 0.717) is 31.0 Å². The summed E-state index contributed by atoms with van der Waals surface area (Å²) in [6.45, 7) is 1.22. The van der Waals surface area contributed by atoms with Crippen LogP contribution in [0.15, 0.2) is 6.20 Å². The lowest BCUT2D eigenvalue weighted by atomic mass is 10.0. The van der Waals surface area contributed by atoms with Crippen molar-refractivity contribution >= 4 is 22.3 Å². The first kappa shape index (κ1) is 18.1. The minimum Gasteiger partial charge on any atom is -0.309 e. The van der Waals surface area contributed by atoms with Crippen LogP contribution in [0.25, 0.3) is 0 Å². The summed E-state index contributed by atoms with van der Waals surface area (Å²) in [6, 6.07) is -2.18. The third-order valence-corrected chi connectivity index (χ3v) is 5.18. The van der Waals surface area contributed by atoms with E-state index in [9.17, 15) is 18.0 Å². The lowest BCUT2D eigenvalue weighted by Gasteiger charge is -2.30. The van der Waals surface area contributed by atoms with E-state index in [4.69, 9.17) is 9.39 Å². The minimum atomic E-state index is -4.83. The third-order valence-electron chi connectivity index (χ3n) is 4.83. The number of rotatable bonds is 5. The fourth-order valence-electron chi connectivity index (χ4n) is 3.59. The Balaban J connectivity index is 1.39. The summed E-state index contributed by atoms with van der Waals surface area (Å²) in [7, 11) is -4.83. The van der Waals surface area contributed by atoms with Crippen LogP contribution >= 0.6 is 0 Å². The van der Waals surface area contributed by atoms with Crippen molar-refractivity contribution in [3.8, 4) is 0 Å². The van der Waals surface area contributed by atoms with Crippen LogP contribution in [0.1, 0.15) is 30.2 Å². The third kappa shape index (κ3) is 3.49. The first-order valence-electron chi connectivity index (χ1n) is 8.28. The maximum absolute atomic E-state index is 12.5. The van der Waals surface area contributed by atoms with E-state index in [1.807, 2.05) is 0 Å². The van der Waals surface area contributed by atoms with E-state index in [-0.39, 0.29) is 6.54 Å². The summed E-state index contributed by atoms with van der Waals surface area (Å²) in [5.41, 5.74) is 4.08. The van der Waals surface area contributed by atoms with Crippen LogP contribution in [-0.2, 0) is 30.9 Å². The molecule has 2 saturated heterocycles. The first-order chi connectivity index (χ1) is 12.8. The lowest BCUT2D eigenvalue weighted by Crippen LogP contribution is -2.50. The standard InChI is InChI=1S/C13H18N6O7S/c20-12(17-25-11-5-14-4-9-8(11)3-15-16-9)10-2-1-7-6-18(10)13(21)19(7)26-27(22,23)24/h3,7,10-11,14H,1-2,4-6H2,(H,15,16)(H,17,20)(H,22,23,24)/t7-,10+,11?/m0/s1. The van der Waals surface area contributed by atoms with Gasteiger partial charge in [0.15, 0.2) is 0 Å². The monoisotopic (exact) mass is 402 g/mol. The van der Waals surface area contributed by atoms with Gasteiger partial charge in [-0.15, -0.1) is 4.28 Å². The molecule has 4 N–H and O–H groups in total. The molecule has 4 heterocycles. The highest BCUT2D eigenvalue weighted by Gasteiger charge is 2.49. The molecule has 3 aliphatic rings. The molecule has 3 aliphatic heterocycles. The molecule has 0 aromatic carbocycles. The van der Waals surface area contributed by atoms with Gasteiger partial charge in [-0.3, -0.25) is 19.3 Å². The van der Waals surface area contributed by atoms with Gasteiger partial charge in [0, 0.05) is 25.2 Å². The quantitative estimate of drug-likeness (QED) is 0.342. The molecule has 1 unspecified atom stereocenters. The van der Waals surface area contributed by atoms with Crippen LogP contribution in [0.4, 0.5) is 4.79 Å². The van der Waals surface area contributed by atoms with Gasteiger partial charge in [-0.05, 0) is 12.8 Å². The van der Waals surface area contributed by atoms with E-state index in [2.05, 4.69) is 25.3 Å². The number of carbonyl (C=O) groups excluding carboxylic acids is 2. The van der Waals surface area contributed by atoms with Crippen molar-refractivity contribution in [1.82, 2.24) is 31.0 Å². The number of aromatic nitrogens is 2. The molecular weight excluding hydrogens is 384 g/mol. The number of nitrogens with zero attached hydrogens (tertiary/aromatic N) is 3. The second kappa shape index (κ2) is 6.72. The van der Waals surface area contributed by atoms with E-state index in [1.165, 1.54) is 4.90 Å². The van der Waals surface area contributed by atoms with E-state index in [1.54, 1.807) is 6.20 Å². The molecule has 14 heteroatoms. The number of carbonyl (C=O) groups is 2. The molecule has 13 nitrogen and oxygen atoms in total. The molecule has 1 aromatic heterocycles. The molecule has 4 rings (SSSR count). The Kier molecular flexibility index (Phi) is 4.51. The van der Waals surface area contributed by atoms with Gasteiger partial charge in [-0.25, -0.2) is 10.3 Å². The zero-order valence-corrected chi connectivity index (χ0v) is 14.8. The maximum Gasteiger partial charge on any atom is 0.418 e. The summed E-state index contributed by atoms with van der Waals surface area (Å²) >= 11 is 0. The molecular formula is C13H18N6O7S. The molecule has 3 atom stereocenters. The molecule has 27 heavy (non-hydrogen) atoms. The smallest absolute Gasteiger partial charge is 0.309 e. The summed E-state index contributed by atoms with van der Waals surface area (Å²) in [4.78, 5) is 31.5. The highest BCUT2D eigenvalue weighted by atomic mass is 32.3. The van der Waals surface area contributed by atoms with E-state index < -0.39 is 40.5 Å². The van der Waals surface area contributed by atoms with Crippen LogP contribution in [0.2, 0.25) is 0 Å². The van der Waals surface area contributed by atoms with Gasteiger partial charge in [-0.2, -0.15) is 18.6 Å². The normalized spacial score (nSPS) is 27.6. The van der Waals surface area contributed by atoms with Gasteiger partial charge in [0.05, 0.1) is 17.9 Å². The van der Waals surface area contributed by atoms with E-state index in [0.717, 1.165) is 11.3 Å². The Morgan fingerprint density at radius 3 is 3.00 bits per heavy atom. The fourth-order valence-corrected chi connectivity index (χ4v) is 3.97. The second-order valence-corrected chi connectivity index (χ2v) is 7.52. The number of urea groups is 1. The minimum absolute atomic E-state index is 0.114. The summed E-state index contributed by atoms with van der Waals surface area (Å²) in [5, 5.41) is 10.5. The van der Waals surface area contributed by atoms with Gasteiger partial charge in [0.1, 0.15) is 12.1 Å². The molecule has 0 saturated carbocycles. The van der Waals surface area contributed by atoms with Gasteiger partial charge < -0.3 is 10.2 Å². The maximum atomic E-state index is 12.5. The molecule has 0 aliphatic carbocycles. The summed E-state index contributed by atoms with van der Waals surface area (Å²) in [6.07, 6.45) is 1.84. The number of hydroxylamine groups is 3. The Bertz CT molecular complexity index is 857. The zero-order chi connectivity index (χ0) is 19.2. The molecule has 3 amide bonds. The van der Waals surface area contributed by atoms with Crippen LogP contribution < -0.4 is 10.8 Å². The van der Waals surface area contributed by atoms with E-state index >= 15 is 0 Å². The zero-order valence-electron chi connectivity index (χ0n) is 14.0. The summed E-state index contributed by atoms with van der Waals surface area (Å²) in [5.74, 6) is -0.522. The van der Waals surface area contributed by atoms with Gasteiger partial charge in [0.25, 0.3) is 5.91 Å². The van der Waals surface area contributed by atoms with Crippen molar-refractivity contribution in [2.24, 2.45) is 0 Å². The number of hydrogen-bond donors (Lipinski definition) is 4. The Hall–Kier alpha value is -2.26. The average Bonchev–Trinajstić information content (AvgIpc) is 3.19. The number of fused-ring (bicyclic) bond motifs is 3. The Labute approximate surface area is 153 Å². The van der Waals surface area contributed by atoms with Crippen LogP contribution in [0.5, 0.6) is 0 Å². The largest absolute Gasteiger partial charge is 0.418 e. The van der Waals surface area contributed by atoms with Crippen molar-refractivity contribution in [2.75, 3.05) is 13.1 Å². The van der Waals surface area contributed by atoms with Crippen LogP contribution in [0.3, 0.4) is 0 Å². The number of amides is 3. The second-order valence-electron chi connectivity index (χ2n) is 6.52. The average molecular weight is 402 g/mol. The number of H-pyrrole nitrogens is 1. The molecule has 0 spiro atoms. The van der Waals surface area contributed by atoms with Crippen molar-refractivity contribution in [1.29, 1.82) is 0 Å². The molecule has 0 radical (unpaired) electrons. The van der Waals surface area contributed by atoms with Crippen LogP contribution in [0, 0.1) is 0 Å². The van der Waals surface area contributed by atoms with Crippen molar-refractivity contribution in [3.63, 3.8) is 0 Å². The first-order valence-corrected chi connectivity index (χ1v) is 9.65. The number of nitrogens with one attached hydrogen (secondary N) is 3. The molecule has 1 aromatic rings. The molecule has 148 valence electrons. The SMILES string of the molecule is O=C(NOC1CNCc2[nH]ncc21)[C@H]1CC[C@H]2CN1C(=O)N2OS(=O)(=O)O.